The topological polar surface area (TPSA) is 38.3 Å². The number of amides is 1. The van der Waals surface area contributed by atoms with E-state index >= 15 is 0 Å². The van der Waals surface area contributed by atoms with Crippen molar-refractivity contribution in [1.29, 1.82) is 0 Å². The molecule has 13 heavy (non-hydrogen) atoms. The van der Waals surface area contributed by atoms with Crippen LogP contribution in [0.5, 0.6) is 0 Å². The Bertz CT molecular complexity index is 178. The van der Waals surface area contributed by atoms with E-state index in [9.17, 15) is 4.79 Å². The van der Waals surface area contributed by atoms with Crippen molar-refractivity contribution in [1.82, 2.24) is 5.32 Å². The Balaban J connectivity index is 2.36. The van der Waals surface area contributed by atoms with Gasteiger partial charge in [0.15, 0.2) is 0 Å². The lowest BCUT2D eigenvalue weighted by Gasteiger charge is -2.17. The van der Waals surface area contributed by atoms with Gasteiger partial charge in [-0.15, -0.1) is 11.6 Å². The largest absolute Gasteiger partial charge is 0.376 e. The van der Waals surface area contributed by atoms with E-state index in [0.717, 1.165) is 19.4 Å². The summed E-state index contributed by atoms with van der Waals surface area (Å²) < 4.78 is 5.32. The Labute approximate surface area is 83.8 Å². The molecule has 0 saturated carbocycles. The van der Waals surface area contributed by atoms with Gasteiger partial charge in [0.25, 0.3) is 0 Å². The Morgan fingerprint density at radius 2 is 2.31 bits per heavy atom. The number of nitrogens with one attached hydrogen (secondary N) is 1. The Kier molecular flexibility index (Phi) is 4.00. The van der Waals surface area contributed by atoms with Crippen LogP contribution < -0.4 is 5.32 Å². The molecule has 4 heteroatoms. The predicted molar refractivity (Wildman–Crippen MR) is 51.9 cm³/mol. The number of rotatable bonds is 3. The maximum Gasteiger partial charge on any atom is 0.240 e. The number of hydrogen-bond acceptors (Lipinski definition) is 2. The van der Waals surface area contributed by atoms with Crippen LogP contribution in [0.2, 0.25) is 0 Å². The lowest BCUT2D eigenvalue weighted by Crippen LogP contribution is -2.41. The summed E-state index contributed by atoms with van der Waals surface area (Å²) in [6, 6.07) is 0.134. The van der Waals surface area contributed by atoms with Crippen molar-refractivity contribution in [3.05, 3.63) is 0 Å². The maximum atomic E-state index is 11.4. The number of halogens is 1. The molecule has 0 bridgehead atoms. The maximum absolute atomic E-state index is 11.4. The van der Waals surface area contributed by atoms with Gasteiger partial charge in [0.05, 0.1) is 6.10 Å². The Hall–Kier alpha value is -0.280. The van der Waals surface area contributed by atoms with Crippen LogP contribution in [0, 0.1) is 0 Å². The van der Waals surface area contributed by atoms with Crippen molar-refractivity contribution in [2.45, 2.75) is 44.2 Å². The first kappa shape index (κ1) is 10.8. The van der Waals surface area contributed by atoms with E-state index in [2.05, 4.69) is 5.32 Å². The molecule has 0 aromatic heterocycles. The third-order valence-corrected chi connectivity index (χ3v) is 2.45. The minimum atomic E-state index is -0.537. The van der Waals surface area contributed by atoms with Crippen molar-refractivity contribution < 1.29 is 9.53 Å². The predicted octanol–water partition coefficient (Wildman–Crippen LogP) is 1.30. The molecule has 1 fully saturated rings. The zero-order chi connectivity index (χ0) is 9.84. The normalized spacial score (nSPS) is 24.8. The van der Waals surface area contributed by atoms with E-state index in [1.165, 1.54) is 0 Å². The van der Waals surface area contributed by atoms with Gasteiger partial charge < -0.3 is 10.1 Å². The molecular weight excluding hydrogens is 190 g/mol. The first-order valence-electron chi connectivity index (χ1n) is 4.67. The molecule has 76 valence electrons. The van der Waals surface area contributed by atoms with Crippen LogP contribution in [-0.2, 0) is 9.53 Å². The molecule has 1 amide bonds. The molecule has 1 rings (SSSR count). The summed E-state index contributed by atoms with van der Waals surface area (Å²) in [7, 11) is 0. The number of hydrogen-bond donors (Lipinski definition) is 1. The van der Waals surface area contributed by atoms with Gasteiger partial charge in [0.2, 0.25) is 5.91 Å². The minimum absolute atomic E-state index is 0.0968. The Morgan fingerprint density at radius 1 is 1.62 bits per heavy atom. The van der Waals surface area contributed by atoms with Gasteiger partial charge in [0, 0.05) is 12.6 Å². The van der Waals surface area contributed by atoms with Crippen LogP contribution in [-0.4, -0.2) is 30.0 Å². The molecule has 2 atom stereocenters. The summed E-state index contributed by atoms with van der Waals surface area (Å²) >= 11 is 5.94. The van der Waals surface area contributed by atoms with Crippen LogP contribution in [0.4, 0.5) is 0 Å². The molecule has 0 aromatic rings. The van der Waals surface area contributed by atoms with Gasteiger partial charge >= 0.3 is 0 Å². The van der Waals surface area contributed by atoms with Gasteiger partial charge in [-0.3, -0.25) is 4.79 Å². The summed E-state index contributed by atoms with van der Waals surface area (Å²) in [5, 5.41) is 2.23. The fraction of sp³-hybridized carbons (Fsp3) is 0.889. The van der Waals surface area contributed by atoms with E-state index in [-0.39, 0.29) is 18.1 Å². The molecule has 1 aliphatic heterocycles. The van der Waals surface area contributed by atoms with E-state index < -0.39 is 5.38 Å². The zero-order valence-corrected chi connectivity index (χ0v) is 8.80. The average Bonchev–Trinajstić information content (AvgIpc) is 2.53. The lowest BCUT2D eigenvalue weighted by atomic mass is 10.1. The van der Waals surface area contributed by atoms with E-state index in [1.807, 2.05) is 13.8 Å². The van der Waals surface area contributed by atoms with Gasteiger partial charge in [-0.2, -0.15) is 0 Å². The zero-order valence-electron chi connectivity index (χ0n) is 8.05. The average molecular weight is 206 g/mol. The first-order valence-corrected chi connectivity index (χ1v) is 5.11. The van der Waals surface area contributed by atoms with Gasteiger partial charge in [-0.25, -0.2) is 0 Å². The molecule has 1 saturated heterocycles. The van der Waals surface area contributed by atoms with Crippen molar-refractivity contribution in [2.24, 2.45) is 0 Å². The highest BCUT2D eigenvalue weighted by Gasteiger charge is 2.29. The minimum Gasteiger partial charge on any atom is -0.376 e. The van der Waals surface area contributed by atoms with Crippen molar-refractivity contribution >= 4 is 17.5 Å². The quantitative estimate of drug-likeness (QED) is 0.706. The summed E-state index contributed by atoms with van der Waals surface area (Å²) in [6.07, 6.45) is 1.79. The summed E-state index contributed by atoms with van der Waals surface area (Å²) in [5.74, 6) is -0.122. The van der Waals surface area contributed by atoms with Gasteiger partial charge in [-0.05, 0) is 26.7 Å². The molecule has 1 aliphatic rings. The van der Waals surface area contributed by atoms with Crippen LogP contribution in [0.25, 0.3) is 0 Å². The summed E-state index contributed by atoms with van der Waals surface area (Å²) in [5.41, 5.74) is 0. The summed E-state index contributed by atoms with van der Waals surface area (Å²) in [6.45, 7) is 4.55. The second-order valence-electron chi connectivity index (χ2n) is 3.62. The van der Waals surface area contributed by atoms with Crippen LogP contribution in [0.3, 0.4) is 0 Å². The van der Waals surface area contributed by atoms with E-state index in [1.54, 1.807) is 0 Å². The third-order valence-electron chi connectivity index (χ3n) is 1.97. The molecule has 2 unspecified atom stereocenters. The number of ether oxygens (including phenoxy) is 1. The van der Waals surface area contributed by atoms with Crippen molar-refractivity contribution in [3.8, 4) is 0 Å². The lowest BCUT2D eigenvalue weighted by molar-refractivity contribution is -0.123. The highest BCUT2D eigenvalue weighted by molar-refractivity contribution is 6.31. The highest BCUT2D eigenvalue weighted by Crippen LogP contribution is 2.19. The van der Waals surface area contributed by atoms with Crippen LogP contribution in [0.1, 0.15) is 26.7 Å². The SMILES string of the molecule is CC(C)NC(=O)C(Cl)C1CCCO1. The van der Waals surface area contributed by atoms with E-state index in [0.29, 0.717) is 0 Å². The van der Waals surface area contributed by atoms with Gasteiger partial charge in [0.1, 0.15) is 5.38 Å². The molecule has 0 aromatic carbocycles. The molecule has 1 N–H and O–H groups in total. The van der Waals surface area contributed by atoms with Gasteiger partial charge in [-0.1, -0.05) is 0 Å². The van der Waals surface area contributed by atoms with E-state index in [4.69, 9.17) is 16.3 Å². The second-order valence-corrected chi connectivity index (χ2v) is 4.09. The molecule has 0 radical (unpaired) electrons. The summed E-state index contributed by atoms with van der Waals surface area (Å²) in [4.78, 5) is 11.4. The number of carbonyl (C=O) groups excluding carboxylic acids is 1. The molecule has 0 aliphatic carbocycles. The number of alkyl halides is 1. The van der Waals surface area contributed by atoms with Crippen LogP contribution in [0.15, 0.2) is 0 Å². The van der Waals surface area contributed by atoms with Crippen molar-refractivity contribution in [2.75, 3.05) is 6.61 Å². The molecule has 3 nitrogen and oxygen atoms in total. The standard InChI is InChI=1S/C9H16ClNO2/c1-6(2)11-9(12)8(10)7-4-3-5-13-7/h6-8H,3-5H2,1-2H3,(H,11,12). The first-order chi connectivity index (χ1) is 6.11. The number of carbonyl (C=O) groups is 1. The second kappa shape index (κ2) is 4.82. The smallest absolute Gasteiger partial charge is 0.240 e. The van der Waals surface area contributed by atoms with Crippen molar-refractivity contribution in [3.63, 3.8) is 0 Å². The molecular formula is C9H16ClNO2. The third kappa shape index (κ3) is 3.16. The highest BCUT2D eigenvalue weighted by atomic mass is 35.5. The fourth-order valence-corrected chi connectivity index (χ4v) is 1.63. The molecule has 0 spiro atoms. The molecule has 1 heterocycles. The Morgan fingerprint density at radius 3 is 2.77 bits per heavy atom. The van der Waals surface area contributed by atoms with Crippen LogP contribution >= 0.6 is 11.6 Å². The monoisotopic (exact) mass is 205 g/mol. The fourth-order valence-electron chi connectivity index (χ4n) is 1.37.